The van der Waals surface area contributed by atoms with E-state index in [9.17, 15) is 10.1 Å². The topological polar surface area (TPSA) is 102 Å². The number of hydrogen-bond donors (Lipinski definition) is 2. The zero-order valence-electron chi connectivity index (χ0n) is 13.9. The lowest BCUT2D eigenvalue weighted by atomic mass is 10.2. The van der Waals surface area contributed by atoms with Gasteiger partial charge in [0, 0.05) is 15.7 Å². The van der Waals surface area contributed by atoms with Crippen LogP contribution in [0.2, 0.25) is 10.0 Å². The maximum absolute atomic E-state index is 11.7. The van der Waals surface area contributed by atoms with Gasteiger partial charge in [0.2, 0.25) is 11.6 Å². The molecule has 3 rings (SSSR count). The molecule has 2 aromatic carbocycles. The van der Waals surface area contributed by atoms with Crippen molar-refractivity contribution < 1.29 is 9.66 Å². The standard InChI is InChI=1S/C17H13Cl2N5O3/c1-27-14-6-5-11(19)8-13(14)23-17-15(24(25)26)16(20-9-21-17)22-12-4-2-3-10(18)7-12/h2-9H,1H3,(H2,20,21,22,23). The number of ether oxygens (including phenoxy) is 1. The Bertz CT molecular complexity index is 1000. The SMILES string of the molecule is COc1ccc(Cl)cc1Nc1ncnc(Nc2cccc(Cl)c2)c1[N+](=O)[O-]. The van der Waals surface area contributed by atoms with Crippen LogP contribution >= 0.6 is 23.2 Å². The van der Waals surface area contributed by atoms with Crippen molar-refractivity contribution >= 4 is 51.9 Å². The van der Waals surface area contributed by atoms with Crippen LogP contribution in [0.4, 0.5) is 28.7 Å². The van der Waals surface area contributed by atoms with Gasteiger partial charge in [0.15, 0.2) is 0 Å². The van der Waals surface area contributed by atoms with Gasteiger partial charge in [0.05, 0.1) is 17.7 Å². The second-order valence-corrected chi connectivity index (χ2v) is 6.15. The molecule has 10 heteroatoms. The van der Waals surface area contributed by atoms with Gasteiger partial charge in [0.1, 0.15) is 12.1 Å². The van der Waals surface area contributed by atoms with Crippen LogP contribution in [-0.4, -0.2) is 22.0 Å². The summed E-state index contributed by atoms with van der Waals surface area (Å²) in [5.74, 6) is 0.456. The molecule has 0 saturated heterocycles. The lowest BCUT2D eigenvalue weighted by molar-refractivity contribution is -0.383. The van der Waals surface area contributed by atoms with Crippen LogP contribution in [0.25, 0.3) is 0 Å². The number of rotatable bonds is 6. The molecule has 0 unspecified atom stereocenters. The largest absolute Gasteiger partial charge is 0.495 e. The van der Waals surface area contributed by atoms with E-state index in [0.29, 0.717) is 27.2 Å². The quantitative estimate of drug-likeness (QED) is 0.429. The summed E-state index contributed by atoms with van der Waals surface area (Å²) in [4.78, 5) is 19.1. The highest BCUT2D eigenvalue weighted by atomic mass is 35.5. The Kier molecular flexibility index (Phi) is 5.58. The number of anilines is 4. The summed E-state index contributed by atoms with van der Waals surface area (Å²) in [6.07, 6.45) is 1.21. The third-order valence-electron chi connectivity index (χ3n) is 3.51. The molecule has 0 spiro atoms. The highest BCUT2D eigenvalue weighted by molar-refractivity contribution is 6.31. The molecule has 138 valence electrons. The molecule has 0 fully saturated rings. The van der Waals surface area contributed by atoms with Gasteiger partial charge in [0.25, 0.3) is 0 Å². The predicted octanol–water partition coefficient (Wildman–Crippen LogP) is 5.19. The molecule has 8 nitrogen and oxygen atoms in total. The average Bonchev–Trinajstić information content (AvgIpc) is 2.62. The first-order chi connectivity index (χ1) is 13.0. The Morgan fingerprint density at radius 1 is 1.04 bits per heavy atom. The fraction of sp³-hybridized carbons (Fsp3) is 0.0588. The van der Waals surface area contributed by atoms with Crippen LogP contribution in [-0.2, 0) is 0 Å². The van der Waals surface area contributed by atoms with Crippen LogP contribution in [0.1, 0.15) is 0 Å². The lowest BCUT2D eigenvalue weighted by Gasteiger charge is -2.12. The van der Waals surface area contributed by atoms with E-state index in [1.807, 2.05) is 0 Å². The number of aromatic nitrogens is 2. The molecule has 1 heterocycles. The normalized spacial score (nSPS) is 10.3. The average molecular weight is 406 g/mol. The Balaban J connectivity index is 2.02. The van der Waals surface area contributed by atoms with Gasteiger partial charge in [-0.1, -0.05) is 29.3 Å². The van der Waals surface area contributed by atoms with E-state index < -0.39 is 4.92 Å². The van der Waals surface area contributed by atoms with Gasteiger partial charge >= 0.3 is 5.69 Å². The van der Waals surface area contributed by atoms with Crippen LogP contribution in [0, 0.1) is 10.1 Å². The predicted molar refractivity (Wildman–Crippen MR) is 105 cm³/mol. The summed E-state index contributed by atoms with van der Waals surface area (Å²) in [6.45, 7) is 0. The Labute approximate surface area is 164 Å². The van der Waals surface area contributed by atoms with E-state index in [0.717, 1.165) is 0 Å². The van der Waals surface area contributed by atoms with Crippen molar-refractivity contribution in [1.29, 1.82) is 0 Å². The van der Waals surface area contributed by atoms with Crippen LogP contribution in [0.15, 0.2) is 48.8 Å². The van der Waals surface area contributed by atoms with Gasteiger partial charge < -0.3 is 15.4 Å². The minimum atomic E-state index is -0.577. The van der Waals surface area contributed by atoms with Crippen molar-refractivity contribution in [3.8, 4) is 5.75 Å². The monoisotopic (exact) mass is 405 g/mol. The molecule has 3 aromatic rings. The van der Waals surface area contributed by atoms with Gasteiger partial charge in [-0.3, -0.25) is 10.1 Å². The van der Waals surface area contributed by atoms with Crippen molar-refractivity contribution in [2.45, 2.75) is 0 Å². The molecule has 0 aliphatic rings. The van der Waals surface area contributed by atoms with Crippen LogP contribution in [0.3, 0.4) is 0 Å². The van der Waals surface area contributed by atoms with E-state index in [2.05, 4.69) is 20.6 Å². The van der Waals surface area contributed by atoms with Gasteiger partial charge in [-0.2, -0.15) is 0 Å². The zero-order chi connectivity index (χ0) is 19.4. The van der Waals surface area contributed by atoms with Crippen molar-refractivity contribution in [1.82, 2.24) is 9.97 Å². The first-order valence-corrected chi connectivity index (χ1v) is 8.36. The van der Waals surface area contributed by atoms with Gasteiger partial charge in [-0.05, 0) is 36.4 Å². The molecular weight excluding hydrogens is 393 g/mol. The number of benzene rings is 2. The third-order valence-corrected chi connectivity index (χ3v) is 3.98. The molecule has 2 N–H and O–H groups in total. The molecule has 27 heavy (non-hydrogen) atoms. The van der Waals surface area contributed by atoms with Crippen molar-refractivity contribution in [3.63, 3.8) is 0 Å². The van der Waals surface area contributed by atoms with Gasteiger partial charge in [-0.15, -0.1) is 0 Å². The van der Waals surface area contributed by atoms with E-state index in [1.54, 1.807) is 42.5 Å². The Morgan fingerprint density at radius 2 is 1.74 bits per heavy atom. The summed E-state index contributed by atoms with van der Waals surface area (Å²) in [5, 5.41) is 18.4. The third kappa shape index (κ3) is 4.36. The first-order valence-electron chi connectivity index (χ1n) is 7.60. The first kappa shape index (κ1) is 18.7. The molecule has 0 radical (unpaired) electrons. The van der Waals surface area contributed by atoms with E-state index in [1.165, 1.54) is 13.4 Å². The minimum Gasteiger partial charge on any atom is -0.495 e. The molecule has 0 aliphatic carbocycles. The molecule has 0 bridgehead atoms. The van der Waals surface area contributed by atoms with E-state index in [4.69, 9.17) is 27.9 Å². The Hall–Kier alpha value is -3.10. The number of methoxy groups -OCH3 is 1. The zero-order valence-corrected chi connectivity index (χ0v) is 15.5. The Morgan fingerprint density at radius 3 is 2.41 bits per heavy atom. The van der Waals surface area contributed by atoms with Crippen LogP contribution in [0.5, 0.6) is 5.75 Å². The number of halogens is 2. The summed E-state index contributed by atoms with van der Waals surface area (Å²) >= 11 is 12.0. The number of nitro groups is 1. The lowest BCUT2D eigenvalue weighted by Crippen LogP contribution is -2.06. The van der Waals surface area contributed by atoms with E-state index >= 15 is 0 Å². The van der Waals surface area contributed by atoms with Crippen molar-refractivity contribution in [2.24, 2.45) is 0 Å². The van der Waals surface area contributed by atoms with Crippen molar-refractivity contribution in [3.05, 3.63) is 69.0 Å². The maximum Gasteiger partial charge on any atom is 0.353 e. The molecular formula is C17H13Cl2N5O3. The van der Waals surface area contributed by atoms with Gasteiger partial charge in [-0.25, -0.2) is 9.97 Å². The summed E-state index contributed by atoms with van der Waals surface area (Å²) in [5.41, 5.74) is 0.649. The summed E-state index contributed by atoms with van der Waals surface area (Å²) in [7, 11) is 1.48. The number of nitrogens with zero attached hydrogens (tertiary/aromatic N) is 3. The molecule has 1 aromatic heterocycles. The van der Waals surface area contributed by atoms with Crippen molar-refractivity contribution in [2.75, 3.05) is 17.7 Å². The minimum absolute atomic E-state index is 0.0138. The van der Waals surface area contributed by atoms with Crippen LogP contribution < -0.4 is 15.4 Å². The second kappa shape index (κ2) is 8.07. The fourth-order valence-electron chi connectivity index (χ4n) is 2.34. The highest BCUT2D eigenvalue weighted by Gasteiger charge is 2.24. The highest BCUT2D eigenvalue weighted by Crippen LogP contribution is 2.36. The fourth-order valence-corrected chi connectivity index (χ4v) is 2.71. The molecule has 0 aliphatic heterocycles. The maximum atomic E-state index is 11.7. The summed E-state index contributed by atoms with van der Waals surface area (Å²) in [6, 6.07) is 11.6. The number of hydrogen-bond acceptors (Lipinski definition) is 7. The molecule has 0 saturated carbocycles. The molecule has 0 atom stereocenters. The molecule has 0 amide bonds. The smallest absolute Gasteiger partial charge is 0.353 e. The van der Waals surface area contributed by atoms with E-state index in [-0.39, 0.29) is 17.3 Å². The summed E-state index contributed by atoms with van der Waals surface area (Å²) < 4.78 is 5.25. The number of nitrogens with one attached hydrogen (secondary N) is 2. The second-order valence-electron chi connectivity index (χ2n) is 5.28.